The fourth-order valence-electron chi connectivity index (χ4n) is 1.03. The van der Waals surface area contributed by atoms with Gasteiger partial charge in [0.25, 0.3) is 0 Å². The lowest BCUT2D eigenvalue weighted by Crippen LogP contribution is -2.48. The summed E-state index contributed by atoms with van der Waals surface area (Å²) in [6, 6.07) is -0.261. The van der Waals surface area contributed by atoms with Gasteiger partial charge in [-0.25, -0.2) is 23.5 Å². The average Bonchev–Trinajstić information content (AvgIpc) is 1.99. The first-order valence-corrected chi connectivity index (χ1v) is 3.87. The lowest BCUT2D eigenvalue weighted by molar-refractivity contribution is 0.493. The summed E-state index contributed by atoms with van der Waals surface area (Å²) < 4.78 is 1.85. The van der Waals surface area contributed by atoms with Crippen LogP contribution in [0.3, 0.4) is 0 Å². The van der Waals surface area contributed by atoms with Crippen LogP contribution in [0.2, 0.25) is 0 Å². The molecule has 0 unspecified atom stereocenters. The number of nitrogens with zero attached hydrogens (tertiary/aromatic N) is 2. The maximum absolute atomic E-state index is 11.4. The third-order valence-corrected chi connectivity index (χ3v) is 1.75. The van der Waals surface area contributed by atoms with Crippen molar-refractivity contribution in [1.29, 1.82) is 0 Å². The fourth-order valence-corrected chi connectivity index (χ4v) is 1.03. The molecular weight excluding hydrogens is 174 g/mol. The second-order valence-electron chi connectivity index (χ2n) is 3.04. The Labute approximate surface area is 73.5 Å². The van der Waals surface area contributed by atoms with Crippen molar-refractivity contribution < 1.29 is 0 Å². The van der Waals surface area contributed by atoms with E-state index in [2.05, 4.69) is 0 Å². The molecule has 0 aromatic carbocycles. The Hall–Kier alpha value is -1.59. The largest absolute Gasteiger partial charge is 0.336 e. The Morgan fingerprint density at radius 3 is 2.15 bits per heavy atom. The molecule has 0 aliphatic rings. The highest BCUT2D eigenvalue weighted by molar-refractivity contribution is 4.75. The SMILES string of the molecule is CC(C)n1c(=O)[nH]c(=O)n(C)c1=O. The van der Waals surface area contributed by atoms with Crippen molar-refractivity contribution in [1.82, 2.24) is 14.1 Å². The molecule has 1 N–H and O–H groups in total. The van der Waals surface area contributed by atoms with E-state index in [1.165, 1.54) is 7.05 Å². The molecule has 0 bridgehead atoms. The average molecular weight is 185 g/mol. The van der Waals surface area contributed by atoms with Gasteiger partial charge in [-0.15, -0.1) is 0 Å². The van der Waals surface area contributed by atoms with Crippen LogP contribution in [0.5, 0.6) is 0 Å². The minimum atomic E-state index is -0.688. The first kappa shape index (κ1) is 9.50. The molecule has 0 saturated heterocycles. The third kappa shape index (κ3) is 1.47. The minimum absolute atomic E-state index is 0.261. The molecule has 1 aromatic heterocycles. The predicted octanol–water partition coefficient (Wildman–Crippen LogP) is -1.18. The first-order valence-electron chi connectivity index (χ1n) is 3.87. The van der Waals surface area contributed by atoms with E-state index < -0.39 is 17.1 Å². The van der Waals surface area contributed by atoms with Crippen molar-refractivity contribution in [2.45, 2.75) is 19.9 Å². The van der Waals surface area contributed by atoms with Crippen LogP contribution in [0.25, 0.3) is 0 Å². The summed E-state index contributed by atoms with van der Waals surface area (Å²) in [5.74, 6) is 0. The van der Waals surface area contributed by atoms with Gasteiger partial charge in [0, 0.05) is 13.1 Å². The molecule has 0 aliphatic carbocycles. The third-order valence-electron chi connectivity index (χ3n) is 1.75. The lowest BCUT2D eigenvalue weighted by Gasteiger charge is -2.07. The fraction of sp³-hybridized carbons (Fsp3) is 0.571. The van der Waals surface area contributed by atoms with Gasteiger partial charge < -0.3 is 0 Å². The van der Waals surface area contributed by atoms with Gasteiger partial charge in [-0.1, -0.05) is 0 Å². The van der Waals surface area contributed by atoms with Crippen LogP contribution in [0.4, 0.5) is 0 Å². The quantitative estimate of drug-likeness (QED) is 0.598. The first-order chi connectivity index (χ1) is 5.95. The van der Waals surface area contributed by atoms with E-state index in [0.29, 0.717) is 0 Å². The Balaban J connectivity index is 3.75. The molecule has 6 heteroatoms. The number of aromatic nitrogens is 3. The van der Waals surface area contributed by atoms with Crippen LogP contribution in [0, 0.1) is 0 Å². The highest BCUT2D eigenvalue weighted by Crippen LogP contribution is 1.91. The van der Waals surface area contributed by atoms with E-state index in [0.717, 1.165) is 9.13 Å². The molecule has 0 fully saturated rings. The molecule has 0 atom stereocenters. The molecule has 1 heterocycles. The van der Waals surface area contributed by atoms with Crippen molar-refractivity contribution >= 4 is 0 Å². The summed E-state index contributed by atoms with van der Waals surface area (Å²) in [4.78, 5) is 35.5. The maximum atomic E-state index is 11.4. The molecule has 0 saturated carbocycles. The molecule has 13 heavy (non-hydrogen) atoms. The van der Waals surface area contributed by atoms with Gasteiger partial charge >= 0.3 is 17.1 Å². The monoisotopic (exact) mass is 185 g/mol. The van der Waals surface area contributed by atoms with E-state index in [-0.39, 0.29) is 6.04 Å². The Morgan fingerprint density at radius 1 is 1.15 bits per heavy atom. The molecule has 1 aromatic rings. The standard InChI is InChI=1S/C7H11N3O3/c1-4(2)10-6(12)8-5(11)9(3)7(10)13/h4H,1-3H3,(H,8,11,12). The van der Waals surface area contributed by atoms with Crippen LogP contribution < -0.4 is 17.1 Å². The lowest BCUT2D eigenvalue weighted by atomic mass is 10.4. The van der Waals surface area contributed by atoms with E-state index in [1.807, 2.05) is 4.98 Å². The number of aromatic amines is 1. The van der Waals surface area contributed by atoms with Gasteiger partial charge in [0.05, 0.1) is 0 Å². The van der Waals surface area contributed by atoms with E-state index >= 15 is 0 Å². The second-order valence-corrected chi connectivity index (χ2v) is 3.04. The molecule has 0 aliphatic heterocycles. The van der Waals surface area contributed by atoms with Gasteiger partial charge in [0.2, 0.25) is 0 Å². The Bertz CT molecular complexity index is 477. The number of hydrogen-bond acceptors (Lipinski definition) is 3. The van der Waals surface area contributed by atoms with Crippen LogP contribution in [0.1, 0.15) is 19.9 Å². The van der Waals surface area contributed by atoms with Gasteiger partial charge in [-0.3, -0.25) is 4.98 Å². The van der Waals surface area contributed by atoms with E-state index in [9.17, 15) is 14.4 Å². The van der Waals surface area contributed by atoms with Crippen LogP contribution in [-0.2, 0) is 7.05 Å². The van der Waals surface area contributed by atoms with Crippen molar-refractivity contribution in [3.63, 3.8) is 0 Å². The summed E-state index contributed by atoms with van der Waals surface area (Å²) in [6.45, 7) is 3.39. The number of hydrogen-bond donors (Lipinski definition) is 1. The zero-order valence-corrected chi connectivity index (χ0v) is 7.70. The van der Waals surface area contributed by atoms with Crippen LogP contribution in [-0.4, -0.2) is 14.1 Å². The van der Waals surface area contributed by atoms with E-state index in [1.54, 1.807) is 13.8 Å². The topological polar surface area (TPSA) is 76.9 Å². The highest BCUT2D eigenvalue weighted by atomic mass is 16.2. The summed E-state index contributed by atoms with van der Waals surface area (Å²) in [6.07, 6.45) is 0. The number of nitrogens with one attached hydrogen (secondary N) is 1. The maximum Gasteiger partial charge on any atom is 0.336 e. The normalized spacial score (nSPS) is 10.8. The zero-order chi connectivity index (χ0) is 10.2. The Kier molecular flexibility index (Phi) is 2.22. The van der Waals surface area contributed by atoms with Crippen LogP contribution >= 0.6 is 0 Å². The predicted molar refractivity (Wildman–Crippen MR) is 46.9 cm³/mol. The number of H-pyrrole nitrogens is 1. The summed E-state index contributed by atoms with van der Waals surface area (Å²) in [5, 5.41) is 0. The molecular formula is C7H11N3O3. The second kappa shape index (κ2) is 3.04. The molecule has 6 nitrogen and oxygen atoms in total. The van der Waals surface area contributed by atoms with Gasteiger partial charge in [0.1, 0.15) is 0 Å². The molecule has 0 amide bonds. The van der Waals surface area contributed by atoms with Gasteiger partial charge in [-0.05, 0) is 13.8 Å². The van der Waals surface area contributed by atoms with Gasteiger partial charge in [0.15, 0.2) is 0 Å². The summed E-state index contributed by atoms with van der Waals surface area (Å²) in [5.41, 5.74) is -1.95. The molecule has 0 spiro atoms. The van der Waals surface area contributed by atoms with Crippen LogP contribution in [0.15, 0.2) is 14.4 Å². The molecule has 0 radical (unpaired) electrons. The van der Waals surface area contributed by atoms with Crippen molar-refractivity contribution in [2.75, 3.05) is 0 Å². The van der Waals surface area contributed by atoms with Crippen molar-refractivity contribution in [3.8, 4) is 0 Å². The smallest absolute Gasteiger partial charge is 0.259 e. The summed E-state index contributed by atoms with van der Waals surface area (Å²) >= 11 is 0. The van der Waals surface area contributed by atoms with Crippen molar-refractivity contribution in [2.24, 2.45) is 7.05 Å². The van der Waals surface area contributed by atoms with Gasteiger partial charge in [-0.2, -0.15) is 0 Å². The number of rotatable bonds is 1. The van der Waals surface area contributed by atoms with Crippen molar-refractivity contribution in [3.05, 3.63) is 31.5 Å². The Morgan fingerprint density at radius 2 is 1.69 bits per heavy atom. The minimum Gasteiger partial charge on any atom is -0.259 e. The highest BCUT2D eigenvalue weighted by Gasteiger charge is 2.08. The zero-order valence-electron chi connectivity index (χ0n) is 7.70. The molecule has 1 rings (SSSR count). The summed E-state index contributed by atoms with van der Waals surface area (Å²) in [7, 11) is 1.32. The van der Waals surface area contributed by atoms with E-state index in [4.69, 9.17) is 0 Å². The molecule has 72 valence electrons.